The molecule has 4 nitrogen and oxygen atoms in total. The van der Waals surface area contributed by atoms with Crippen LogP contribution < -0.4 is 5.73 Å². The summed E-state index contributed by atoms with van der Waals surface area (Å²) in [6, 6.07) is 0.875. The Kier molecular flexibility index (Phi) is 3.51. The van der Waals surface area contributed by atoms with Crippen molar-refractivity contribution < 1.29 is 17.2 Å². The van der Waals surface area contributed by atoms with Crippen LogP contribution in [0, 0.1) is 0 Å². The molecule has 0 bridgehead atoms. The minimum absolute atomic E-state index is 0.123. The van der Waals surface area contributed by atoms with E-state index in [0.717, 1.165) is 6.07 Å². The molecule has 0 saturated heterocycles. The molecule has 0 aliphatic heterocycles. The maximum atomic E-state index is 12.3. The number of halogens is 4. The van der Waals surface area contributed by atoms with E-state index in [1.165, 1.54) is 0 Å². The molecule has 2 N–H and O–H groups in total. The van der Waals surface area contributed by atoms with Gasteiger partial charge in [-0.1, -0.05) is 0 Å². The summed E-state index contributed by atoms with van der Waals surface area (Å²) in [4.78, 5) is 3.21. The van der Waals surface area contributed by atoms with Gasteiger partial charge in [0.1, 0.15) is 5.69 Å². The fourth-order valence-electron chi connectivity index (χ4n) is 0.818. The Bertz CT molecular complexity index is 494. The van der Waals surface area contributed by atoms with Gasteiger partial charge in [-0.25, -0.2) is 22.2 Å². The maximum absolute atomic E-state index is 12.3. The van der Waals surface area contributed by atoms with Crippen molar-refractivity contribution >= 4 is 41.4 Å². The van der Waals surface area contributed by atoms with Gasteiger partial charge in [0.15, 0.2) is 5.03 Å². The highest BCUT2D eigenvalue weighted by Crippen LogP contribution is 2.31. The zero-order valence-electron chi connectivity index (χ0n) is 6.92. The van der Waals surface area contributed by atoms with Gasteiger partial charge < -0.3 is 5.73 Å². The molecule has 15 heavy (non-hydrogen) atoms. The number of anilines is 1. The number of nitrogens with zero attached hydrogens (tertiary/aromatic N) is 1. The zero-order chi connectivity index (χ0) is 11.8. The molecule has 9 heteroatoms. The van der Waals surface area contributed by atoms with Gasteiger partial charge in [-0.2, -0.15) is 0 Å². The third kappa shape index (κ3) is 2.76. The fraction of sp³-hybridized carbons (Fsp3) is 0.167. The first kappa shape index (κ1) is 12.6. The Balaban J connectivity index is 3.52. The van der Waals surface area contributed by atoms with E-state index in [0.29, 0.717) is 0 Å². The molecule has 1 rings (SSSR count). The largest absolute Gasteiger partial charge is 0.398 e. The highest BCUT2D eigenvalue weighted by molar-refractivity contribution is 9.10. The monoisotopic (exact) mass is 320 g/mol. The lowest BCUT2D eigenvalue weighted by Crippen LogP contribution is -2.04. The van der Waals surface area contributed by atoms with Gasteiger partial charge in [0, 0.05) is 10.7 Å². The molecule has 0 aliphatic carbocycles. The number of alkyl halides is 2. The molecule has 1 aromatic rings. The zero-order valence-corrected chi connectivity index (χ0v) is 10.1. The Morgan fingerprint density at radius 1 is 1.53 bits per heavy atom. The Morgan fingerprint density at radius 2 is 2.07 bits per heavy atom. The first-order chi connectivity index (χ1) is 6.73. The molecule has 0 fully saturated rings. The summed E-state index contributed by atoms with van der Waals surface area (Å²) in [5.74, 6) is 0. The second-order valence-electron chi connectivity index (χ2n) is 2.49. The minimum Gasteiger partial charge on any atom is -0.398 e. The van der Waals surface area contributed by atoms with Gasteiger partial charge in [-0.05, 0) is 22.0 Å². The van der Waals surface area contributed by atoms with E-state index in [1.807, 2.05) is 0 Å². The normalized spacial score (nSPS) is 12.1. The number of nitrogens with two attached hydrogens (primary N) is 1. The van der Waals surface area contributed by atoms with Crippen molar-refractivity contribution in [1.29, 1.82) is 0 Å². The van der Waals surface area contributed by atoms with Crippen molar-refractivity contribution in [2.75, 3.05) is 5.73 Å². The van der Waals surface area contributed by atoms with Gasteiger partial charge in [-0.15, -0.1) is 0 Å². The molecule has 0 aliphatic rings. The number of aromatic nitrogens is 1. The molecule has 0 spiro atoms. The molecular weight excluding hydrogens is 317 g/mol. The molecule has 0 saturated carbocycles. The predicted octanol–water partition coefficient (Wildman–Crippen LogP) is 2.29. The van der Waals surface area contributed by atoms with E-state index in [-0.39, 0.29) is 10.2 Å². The lowest BCUT2D eigenvalue weighted by molar-refractivity contribution is 0.145. The van der Waals surface area contributed by atoms with Crippen LogP contribution in [0.5, 0.6) is 0 Å². The molecule has 84 valence electrons. The smallest absolute Gasteiger partial charge is 0.280 e. The quantitative estimate of drug-likeness (QED) is 0.848. The molecule has 1 aromatic heterocycles. The maximum Gasteiger partial charge on any atom is 0.280 e. The second-order valence-corrected chi connectivity index (χ2v) is 5.77. The van der Waals surface area contributed by atoms with E-state index >= 15 is 0 Å². The summed E-state index contributed by atoms with van der Waals surface area (Å²) in [5, 5.41) is -0.709. The first-order valence-electron chi connectivity index (χ1n) is 3.42. The van der Waals surface area contributed by atoms with Crippen molar-refractivity contribution in [3.05, 3.63) is 16.2 Å². The van der Waals surface area contributed by atoms with Crippen molar-refractivity contribution in [3.8, 4) is 0 Å². The highest BCUT2D eigenvalue weighted by atomic mass is 79.9. The Hall–Kier alpha value is -0.470. The molecule has 0 aromatic carbocycles. The fourth-order valence-corrected chi connectivity index (χ4v) is 2.82. The Labute approximate surface area is 97.0 Å². The number of pyridine rings is 1. The van der Waals surface area contributed by atoms with Crippen molar-refractivity contribution in [2.45, 2.75) is 11.5 Å². The first-order valence-corrected chi connectivity index (χ1v) is 6.52. The summed E-state index contributed by atoms with van der Waals surface area (Å²) in [6.45, 7) is 0. The van der Waals surface area contributed by atoms with Gasteiger partial charge in [0.25, 0.3) is 15.5 Å². The third-order valence-electron chi connectivity index (χ3n) is 1.43. The van der Waals surface area contributed by atoms with Crippen LogP contribution in [0.15, 0.2) is 15.6 Å². The van der Waals surface area contributed by atoms with Crippen LogP contribution in [0.1, 0.15) is 12.1 Å². The number of hydrogen-bond donors (Lipinski definition) is 1. The standard InChI is InChI=1S/C6H4BrClF2N2O2S/c7-4-2(11)1-3(5(9)10)12-6(4)15(8,13)14/h1,5H,(H2,11,12). The predicted molar refractivity (Wildman–Crippen MR) is 54.3 cm³/mol. The lowest BCUT2D eigenvalue weighted by Gasteiger charge is -2.06. The minimum atomic E-state index is -4.21. The number of rotatable bonds is 2. The summed E-state index contributed by atoms with van der Waals surface area (Å²) in [5.41, 5.74) is 4.40. The van der Waals surface area contributed by atoms with Crippen molar-refractivity contribution in [3.63, 3.8) is 0 Å². The van der Waals surface area contributed by atoms with Crippen LogP contribution >= 0.6 is 26.6 Å². The molecule has 0 atom stereocenters. The average molecular weight is 322 g/mol. The highest BCUT2D eigenvalue weighted by Gasteiger charge is 2.22. The summed E-state index contributed by atoms with van der Waals surface area (Å²) < 4.78 is 46.3. The van der Waals surface area contributed by atoms with Crippen molar-refractivity contribution in [2.24, 2.45) is 0 Å². The van der Waals surface area contributed by atoms with Gasteiger partial charge >= 0.3 is 0 Å². The molecule has 0 unspecified atom stereocenters. The van der Waals surface area contributed by atoms with Crippen LogP contribution in [-0.2, 0) is 9.05 Å². The van der Waals surface area contributed by atoms with Crippen LogP contribution in [0.25, 0.3) is 0 Å². The van der Waals surface area contributed by atoms with E-state index in [1.54, 1.807) is 0 Å². The SMILES string of the molecule is Nc1cc(C(F)F)nc(S(=O)(=O)Cl)c1Br. The lowest BCUT2D eigenvalue weighted by atomic mass is 10.3. The average Bonchev–Trinajstić information content (AvgIpc) is 2.06. The van der Waals surface area contributed by atoms with Gasteiger partial charge in [-0.3, -0.25) is 0 Å². The van der Waals surface area contributed by atoms with Crippen LogP contribution in [0.2, 0.25) is 0 Å². The molecule has 1 heterocycles. The molecule has 0 amide bonds. The topological polar surface area (TPSA) is 73.0 Å². The number of hydrogen-bond acceptors (Lipinski definition) is 4. The summed E-state index contributed by atoms with van der Waals surface area (Å²) >= 11 is 2.80. The third-order valence-corrected chi connectivity index (χ3v) is 3.72. The van der Waals surface area contributed by atoms with Gasteiger partial charge in [0.05, 0.1) is 10.2 Å². The number of nitrogen functional groups attached to an aromatic ring is 1. The van der Waals surface area contributed by atoms with Crippen molar-refractivity contribution in [1.82, 2.24) is 4.98 Å². The summed E-state index contributed by atoms with van der Waals surface area (Å²) in [7, 11) is 0.781. The Morgan fingerprint density at radius 3 is 2.47 bits per heavy atom. The van der Waals surface area contributed by atoms with Gasteiger partial charge in [0.2, 0.25) is 0 Å². The van der Waals surface area contributed by atoms with Crippen LogP contribution in [0.4, 0.5) is 14.5 Å². The molecule has 0 radical (unpaired) electrons. The van der Waals surface area contributed by atoms with Crippen LogP contribution in [0.3, 0.4) is 0 Å². The van der Waals surface area contributed by atoms with E-state index in [9.17, 15) is 17.2 Å². The summed E-state index contributed by atoms with van der Waals surface area (Å²) in [6.07, 6.45) is -2.92. The van der Waals surface area contributed by atoms with E-state index < -0.39 is 26.2 Å². The van der Waals surface area contributed by atoms with E-state index in [2.05, 4.69) is 20.9 Å². The molecular formula is C6H4BrClF2N2O2S. The second kappa shape index (κ2) is 4.18. The van der Waals surface area contributed by atoms with E-state index in [4.69, 9.17) is 16.4 Å². The van der Waals surface area contributed by atoms with Crippen LogP contribution in [-0.4, -0.2) is 13.4 Å².